The number of aromatic nitrogens is 2. The van der Waals surface area contributed by atoms with Crippen molar-refractivity contribution in [2.24, 2.45) is 0 Å². The van der Waals surface area contributed by atoms with Crippen molar-refractivity contribution < 1.29 is 24.2 Å². The van der Waals surface area contributed by atoms with Gasteiger partial charge < -0.3 is 24.9 Å². The SMILES string of the molecule is CCCC(NC(=O)c1ccc(-c2cc(OC)ccc2-c2nc3cc(OC)ccc3[nH]2)c(C(=O)O)c1)c1ccccc1. The Bertz CT molecular complexity index is 1710. The minimum Gasteiger partial charge on any atom is -0.497 e. The van der Waals surface area contributed by atoms with Crippen LogP contribution in [0.2, 0.25) is 0 Å². The van der Waals surface area contributed by atoms with Gasteiger partial charge in [-0.15, -0.1) is 0 Å². The first-order valence-corrected chi connectivity index (χ1v) is 13.4. The third-order valence-electron chi connectivity index (χ3n) is 7.06. The number of nitrogens with one attached hydrogen (secondary N) is 2. The van der Waals surface area contributed by atoms with Crippen LogP contribution in [0.1, 0.15) is 52.1 Å². The van der Waals surface area contributed by atoms with Crippen molar-refractivity contribution in [3.8, 4) is 34.0 Å². The van der Waals surface area contributed by atoms with Crippen LogP contribution in [-0.4, -0.2) is 41.2 Å². The maximum absolute atomic E-state index is 13.3. The van der Waals surface area contributed by atoms with E-state index in [2.05, 4.69) is 17.2 Å². The second-order valence-corrected chi connectivity index (χ2v) is 9.67. The zero-order valence-corrected chi connectivity index (χ0v) is 23.1. The van der Waals surface area contributed by atoms with Crippen LogP contribution in [0.15, 0.2) is 84.9 Å². The minimum absolute atomic E-state index is 0.00307. The Hall–Kier alpha value is -5.11. The number of carboxylic acid groups (broad SMARTS) is 1. The Morgan fingerprint density at radius 2 is 1.59 bits per heavy atom. The quantitative estimate of drug-likeness (QED) is 0.175. The molecular weight excluding hydrogens is 518 g/mol. The van der Waals surface area contributed by atoms with Gasteiger partial charge in [-0.2, -0.15) is 0 Å². The fourth-order valence-corrected chi connectivity index (χ4v) is 4.95. The molecule has 8 heteroatoms. The monoisotopic (exact) mass is 549 g/mol. The highest BCUT2D eigenvalue weighted by molar-refractivity contribution is 6.03. The molecule has 8 nitrogen and oxygen atoms in total. The van der Waals surface area contributed by atoms with Crippen molar-refractivity contribution in [2.75, 3.05) is 14.2 Å². The van der Waals surface area contributed by atoms with Gasteiger partial charge in [-0.3, -0.25) is 4.79 Å². The molecule has 0 radical (unpaired) electrons. The number of benzene rings is 4. The lowest BCUT2D eigenvalue weighted by Crippen LogP contribution is -2.28. The van der Waals surface area contributed by atoms with E-state index in [1.807, 2.05) is 54.6 Å². The maximum atomic E-state index is 13.3. The molecular formula is C33H31N3O5. The first-order chi connectivity index (χ1) is 19.9. The molecule has 5 rings (SSSR count). The van der Waals surface area contributed by atoms with E-state index in [1.165, 1.54) is 6.07 Å². The van der Waals surface area contributed by atoms with E-state index in [-0.39, 0.29) is 23.1 Å². The highest BCUT2D eigenvalue weighted by atomic mass is 16.5. The maximum Gasteiger partial charge on any atom is 0.336 e. The molecule has 3 N–H and O–H groups in total. The van der Waals surface area contributed by atoms with E-state index in [4.69, 9.17) is 14.5 Å². The molecule has 1 atom stereocenters. The van der Waals surface area contributed by atoms with Crippen molar-refractivity contribution in [3.05, 3.63) is 102 Å². The summed E-state index contributed by atoms with van der Waals surface area (Å²) in [7, 11) is 3.15. The zero-order chi connectivity index (χ0) is 28.9. The largest absolute Gasteiger partial charge is 0.497 e. The highest BCUT2D eigenvalue weighted by Crippen LogP contribution is 2.37. The molecule has 208 valence electrons. The number of nitrogens with zero attached hydrogens (tertiary/aromatic N) is 1. The van der Waals surface area contributed by atoms with Crippen LogP contribution in [0.5, 0.6) is 11.5 Å². The first kappa shape index (κ1) is 27.5. The average molecular weight is 550 g/mol. The summed E-state index contributed by atoms with van der Waals surface area (Å²) in [4.78, 5) is 33.9. The number of hydrogen-bond acceptors (Lipinski definition) is 5. The second-order valence-electron chi connectivity index (χ2n) is 9.67. The number of aromatic amines is 1. The number of methoxy groups -OCH3 is 2. The summed E-state index contributed by atoms with van der Waals surface area (Å²) in [6.07, 6.45) is 1.64. The number of hydrogen-bond donors (Lipinski definition) is 3. The van der Waals surface area contributed by atoms with Crippen LogP contribution in [0.3, 0.4) is 0 Å². The molecule has 0 saturated carbocycles. The van der Waals surface area contributed by atoms with Gasteiger partial charge in [0.15, 0.2) is 0 Å². The topological polar surface area (TPSA) is 114 Å². The number of fused-ring (bicyclic) bond motifs is 1. The number of ether oxygens (including phenoxy) is 2. The number of carbonyl (C=O) groups is 2. The van der Waals surface area contributed by atoms with Crippen molar-refractivity contribution in [2.45, 2.75) is 25.8 Å². The Morgan fingerprint density at radius 3 is 2.29 bits per heavy atom. The number of H-pyrrole nitrogens is 1. The molecule has 0 bridgehead atoms. The van der Waals surface area contributed by atoms with Gasteiger partial charge in [0.25, 0.3) is 5.91 Å². The highest BCUT2D eigenvalue weighted by Gasteiger charge is 2.22. The van der Waals surface area contributed by atoms with Gasteiger partial charge in [0, 0.05) is 17.2 Å². The first-order valence-electron chi connectivity index (χ1n) is 13.4. The van der Waals surface area contributed by atoms with Crippen LogP contribution in [0.25, 0.3) is 33.5 Å². The van der Waals surface area contributed by atoms with Crippen LogP contribution in [-0.2, 0) is 0 Å². The van der Waals surface area contributed by atoms with Crippen LogP contribution < -0.4 is 14.8 Å². The molecule has 0 aliphatic carbocycles. The molecule has 0 aliphatic heterocycles. The summed E-state index contributed by atoms with van der Waals surface area (Å²) in [5, 5.41) is 13.3. The van der Waals surface area contributed by atoms with Gasteiger partial charge in [0.05, 0.1) is 36.9 Å². The van der Waals surface area contributed by atoms with Crippen molar-refractivity contribution in [1.29, 1.82) is 0 Å². The fraction of sp³-hybridized carbons (Fsp3) is 0.182. The molecule has 1 heterocycles. The molecule has 0 fully saturated rings. The second kappa shape index (κ2) is 12.0. The normalized spacial score (nSPS) is 11.7. The molecule has 1 aromatic heterocycles. The number of carboxylic acids is 1. The van der Waals surface area contributed by atoms with Gasteiger partial charge in [0.2, 0.25) is 0 Å². The van der Waals surface area contributed by atoms with E-state index < -0.39 is 5.97 Å². The molecule has 0 aliphatic rings. The van der Waals surface area contributed by atoms with Gasteiger partial charge in [0.1, 0.15) is 17.3 Å². The predicted molar refractivity (Wildman–Crippen MR) is 159 cm³/mol. The van der Waals surface area contributed by atoms with E-state index in [0.717, 1.165) is 23.9 Å². The average Bonchev–Trinajstić information content (AvgIpc) is 3.43. The van der Waals surface area contributed by atoms with E-state index in [1.54, 1.807) is 38.5 Å². The number of imidazole rings is 1. The summed E-state index contributed by atoms with van der Waals surface area (Å²) in [6, 6.07) is 25.3. The summed E-state index contributed by atoms with van der Waals surface area (Å²) in [5.74, 6) is 0.324. The lowest BCUT2D eigenvalue weighted by atomic mass is 9.93. The van der Waals surface area contributed by atoms with Crippen molar-refractivity contribution >= 4 is 22.9 Å². The summed E-state index contributed by atoms with van der Waals surface area (Å²) in [6.45, 7) is 2.06. The van der Waals surface area contributed by atoms with Crippen LogP contribution in [0, 0.1) is 0 Å². The van der Waals surface area contributed by atoms with Gasteiger partial charge in [-0.25, -0.2) is 9.78 Å². The minimum atomic E-state index is -1.15. The van der Waals surface area contributed by atoms with Gasteiger partial charge in [-0.1, -0.05) is 49.7 Å². The third kappa shape index (κ3) is 5.77. The number of amides is 1. The van der Waals surface area contributed by atoms with Gasteiger partial charge >= 0.3 is 5.97 Å². The molecule has 1 amide bonds. The standard InChI is InChI=1S/C33H31N3O5/c1-4-8-28(20-9-6-5-7-10-20)36-32(37)21-11-14-24(27(17-21)33(38)39)26-18-22(40-2)12-15-25(26)31-34-29-16-13-23(41-3)19-30(29)35-31/h5-7,9-19,28H,4,8H2,1-3H3,(H,34,35)(H,36,37)(H,38,39). The fourth-order valence-electron chi connectivity index (χ4n) is 4.95. The van der Waals surface area contributed by atoms with Crippen LogP contribution in [0.4, 0.5) is 0 Å². The van der Waals surface area contributed by atoms with E-state index in [9.17, 15) is 14.7 Å². The summed E-state index contributed by atoms with van der Waals surface area (Å²) >= 11 is 0. The van der Waals surface area contributed by atoms with Crippen molar-refractivity contribution in [1.82, 2.24) is 15.3 Å². The smallest absolute Gasteiger partial charge is 0.336 e. The summed E-state index contributed by atoms with van der Waals surface area (Å²) in [5.41, 5.74) is 4.52. The number of carbonyl (C=O) groups excluding carboxylic acids is 1. The number of aromatic carboxylic acids is 1. The lowest BCUT2D eigenvalue weighted by Gasteiger charge is -2.19. The number of rotatable bonds is 10. The summed E-state index contributed by atoms with van der Waals surface area (Å²) < 4.78 is 10.8. The third-order valence-corrected chi connectivity index (χ3v) is 7.06. The Morgan fingerprint density at radius 1 is 0.878 bits per heavy atom. The molecule has 1 unspecified atom stereocenters. The zero-order valence-electron chi connectivity index (χ0n) is 23.1. The van der Waals surface area contributed by atoms with E-state index >= 15 is 0 Å². The Labute approximate surface area is 238 Å². The lowest BCUT2D eigenvalue weighted by molar-refractivity contribution is 0.0697. The molecule has 5 aromatic rings. The predicted octanol–water partition coefficient (Wildman–Crippen LogP) is 6.88. The molecule has 4 aromatic carbocycles. The van der Waals surface area contributed by atoms with Crippen LogP contribution >= 0.6 is 0 Å². The molecule has 41 heavy (non-hydrogen) atoms. The Balaban J connectivity index is 1.56. The van der Waals surface area contributed by atoms with Crippen molar-refractivity contribution in [3.63, 3.8) is 0 Å². The van der Waals surface area contributed by atoms with Gasteiger partial charge in [-0.05, 0) is 65.6 Å². The Kier molecular flexibility index (Phi) is 8.01. The van der Waals surface area contributed by atoms with E-state index in [0.29, 0.717) is 39.5 Å². The molecule has 0 saturated heterocycles. The molecule has 0 spiro atoms.